The maximum absolute atomic E-state index is 11.9. The van der Waals surface area contributed by atoms with Crippen molar-refractivity contribution >= 4 is 28.0 Å². The lowest BCUT2D eigenvalue weighted by Crippen LogP contribution is -2.15. The largest absolute Gasteiger partial charge is 0.444 e. The summed E-state index contributed by atoms with van der Waals surface area (Å²) in [5, 5.41) is 2.54. The Hall–Kier alpha value is -2.73. The number of halogens is 1. The predicted molar refractivity (Wildman–Crippen MR) is 95.4 cm³/mol. The minimum Gasteiger partial charge on any atom is -0.444 e. The number of hydrogen-bond acceptors (Lipinski definition) is 4. The van der Waals surface area contributed by atoms with Gasteiger partial charge in [-0.15, -0.1) is 0 Å². The molecule has 3 aromatic rings. The molecule has 0 aliphatic carbocycles. The van der Waals surface area contributed by atoms with Gasteiger partial charge in [0.2, 0.25) is 5.95 Å². The molecule has 0 fully saturated rings. The highest BCUT2D eigenvalue weighted by Crippen LogP contribution is 2.21. The first kappa shape index (κ1) is 16.1. The molecule has 0 aliphatic heterocycles. The topological polar surface area (TPSA) is 64.1 Å². The minimum atomic E-state index is -0.592. The van der Waals surface area contributed by atoms with Crippen LogP contribution < -0.4 is 5.32 Å². The van der Waals surface area contributed by atoms with Gasteiger partial charge in [-0.1, -0.05) is 58.4 Å². The van der Waals surface area contributed by atoms with Gasteiger partial charge in [0.25, 0.3) is 0 Å². The fraction of sp³-hybridized carbons (Fsp3) is 0.0556. The summed E-state index contributed by atoms with van der Waals surface area (Å²) in [6.45, 7) is 0.192. The van der Waals surface area contributed by atoms with Crippen LogP contribution in [0.15, 0.2) is 71.3 Å². The van der Waals surface area contributed by atoms with Gasteiger partial charge in [0.05, 0.1) is 5.69 Å². The number of aromatic nitrogens is 2. The van der Waals surface area contributed by atoms with Gasteiger partial charge < -0.3 is 4.74 Å². The van der Waals surface area contributed by atoms with Crippen LogP contribution in [-0.2, 0) is 11.3 Å². The third kappa shape index (κ3) is 4.39. The zero-order chi connectivity index (χ0) is 16.8. The summed E-state index contributed by atoms with van der Waals surface area (Å²) in [6.07, 6.45) is 1.00. The SMILES string of the molecule is O=C(Nc1nccc(-c2cccc(Br)c2)n1)OCc1ccccc1. The van der Waals surface area contributed by atoms with Crippen LogP contribution in [0, 0.1) is 0 Å². The predicted octanol–water partition coefficient (Wildman–Crippen LogP) is 4.65. The molecular weight excluding hydrogens is 370 g/mol. The second kappa shape index (κ2) is 7.70. The zero-order valence-corrected chi connectivity index (χ0v) is 14.2. The van der Waals surface area contributed by atoms with Crippen LogP contribution in [0.4, 0.5) is 10.7 Å². The highest BCUT2D eigenvalue weighted by Gasteiger charge is 2.08. The standard InChI is InChI=1S/C18H14BrN3O2/c19-15-8-4-7-14(11-15)16-9-10-20-17(21-16)22-18(23)24-12-13-5-2-1-3-6-13/h1-11H,12H2,(H,20,21,22,23). The van der Waals surface area contributed by atoms with Crippen LogP contribution in [0.1, 0.15) is 5.56 Å². The van der Waals surface area contributed by atoms with E-state index in [4.69, 9.17) is 4.74 Å². The number of carbonyl (C=O) groups is 1. The second-order valence-corrected chi connectivity index (χ2v) is 5.88. The molecule has 0 unspecified atom stereocenters. The van der Waals surface area contributed by atoms with Crippen molar-refractivity contribution in [1.29, 1.82) is 0 Å². The van der Waals surface area contributed by atoms with Crippen LogP contribution in [-0.4, -0.2) is 16.1 Å². The van der Waals surface area contributed by atoms with Gasteiger partial charge in [0.15, 0.2) is 0 Å². The summed E-state index contributed by atoms with van der Waals surface area (Å²) < 4.78 is 6.11. The molecule has 0 bridgehead atoms. The molecule has 1 aromatic heterocycles. The molecule has 0 aliphatic rings. The quantitative estimate of drug-likeness (QED) is 0.711. The lowest BCUT2D eigenvalue weighted by atomic mass is 10.1. The van der Waals surface area contributed by atoms with E-state index in [1.54, 1.807) is 12.3 Å². The summed E-state index contributed by atoms with van der Waals surface area (Å²) in [6, 6.07) is 19.0. The van der Waals surface area contributed by atoms with Gasteiger partial charge in [-0.05, 0) is 23.8 Å². The van der Waals surface area contributed by atoms with E-state index in [9.17, 15) is 4.79 Å². The third-order valence-electron chi connectivity index (χ3n) is 3.20. The van der Waals surface area contributed by atoms with Gasteiger partial charge in [-0.2, -0.15) is 0 Å². The van der Waals surface area contributed by atoms with Crippen LogP contribution in [0.2, 0.25) is 0 Å². The van der Waals surface area contributed by atoms with Crippen molar-refractivity contribution in [2.24, 2.45) is 0 Å². The van der Waals surface area contributed by atoms with E-state index in [0.29, 0.717) is 5.69 Å². The smallest absolute Gasteiger partial charge is 0.414 e. The lowest BCUT2D eigenvalue weighted by molar-refractivity contribution is 0.155. The first-order valence-corrected chi connectivity index (χ1v) is 8.07. The molecule has 0 spiro atoms. The van der Waals surface area contributed by atoms with E-state index in [-0.39, 0.29) is 12.6 Å². The van der Waals surface area contributed by atoms with Crippen LogP contribution >= 0.6 is 15.9 Å². The number of carbonyl (C=O) groups excluding carboxylic acids is 1. The van der Waals surface area contributed by atoms with Crippen LogP contribution in [0.3, 0.4) is 0 Å². The average Bonchev–Trinajstić information content (AvgIpc) is 2.61. The highest BCUT2D eigenvalue weighted by molar-refractivity contribution is 9.10. The summed E-state index contributed by atoms with van der Waals surface area (Å²) in [4.78, 5) is 20.2. The Labute approximate surface area is 147 Å². The number of rotatable bonds is 4. The summed E-state index contributed by atoms with van der Waals surface area (Å²) in [5.74, 6) is 0.200. The summed E-state index contributed by atoms with van der Waals surface area (Å²) >= 11 is 3.43. The molecule has 0 saturated heterocycles. The number of hydrogen-bond donors (Lipinski definition) is 1. The Morgan fingerprint density at radius 3 is 2.71 bits per heavy atom. The number of nitrogens with one attached hydrogen (secondary N) is 1. The Kier molecular flexibility index (Phi) is 5.18. The molecule has 2 aromatic carbocycles. The van der Waals surface area contributed by atoms with E-state index in [1.165, 1.54) is 0 Å². The molecule has 0 radical (unpaired) electrons. The first-order valence-electron chi connectivity index (χ1n) is 7.27. The van der Waals surface area contributed by atoms with E-state index in [2.05, 4.69) is 31.2 Å². The van der Waals surface area contributed by atoms with Gasteiger partial charge in [-0.25, -0.2) is 14.8 Å². The monoisotopic (exact) mass is 383 g/mol. The number of amides is 1. The van der Waals surface area contributed by atoms with E-state index < -0.39 is 6.09 Å². The highest BCUT2D eigenvalue weighted by atomic mass is 79.9. The van der Waals surface area contributed by atoms with Crippen molar-refractivity contribution in [2.45, 2.75) is 6.61 Å². The number of anilines is 1. The van der Waals surface area contributed by atoms with Gasteiger partial charge in [-0.3, -0.25) is 5.32 Å². The van der Waals surface area contributed by atoms with E-state index in [1.807, 2.05) is 54.6 Å². The molecule has 1 amide bonds. The molecule has 3 rings (SSSR count). The zero-order valence-electron chi connectivity index (χ0n) is 12.6. The molecule has 0 saturated carbocycles. The van der Waals surface area contributed by atoms with Gasteiger partial charge in [0.1, 0.15) is 6.61 Å². The van der Waals surface area contributed by atoms with Crippen molar-refractivity contribution in [1.82, 2.24) is 9.97 Å². The summed E-state index contributed by atoms with van der Waals surface area (Å²) in [5.41, 5.74) is 2.55. The normalized spacial score (nSPS) is 10.2. The number of ether oxygens (including phenoxy) is 1. The number of benzene rings is 2. The van der Waals surface area contributed by atoms with E-state index in [0.717, 1.165) is 15.6 Å². The molecule has 5 nitrogen and oxygen atoms in total. The van der Waals surface area contributed by atoms with Crippen LogP contribution in [0.5, 0.6) is 0 Å². The average molecular weight is 384 g/mol. The second-order valence-electron chi connectivity index (χ2n) is 4.96. The molecule has 1 heterocycles. The minimum absolute atomic E-state index is 0.192. The molecular formula is C18H14BrN3O2. The van der Waals surface area contributed by atoms with Gasteiger partial charge in [0, 0.05) is 16.2 Å². The van der Waals surface area contributed by atoms with Crippen molar-refractivity contribution in [3.05, 3.63) is 76.9 Å². The fourth-order valence-electron chi connectivity index (χ4n) is 2.08. The number of nitrogens with zero attached hydrogens (tertiary/aromatic N) is 2. The Morgan fingerprint density at radius 1 is 1.08 bits per heavy atom. The van der Waals surface area contributed by atoms with E-state index >= 15 is 0 Å². The molecule has 120 valence electrons. The van der Waals surface area contributed by atoms with Crippen molar-refractivity contribution in [2.75, 3.05) is 5.32 Å². The maximum atomic E-state index is 11.9. The Balaban J connectivity index is 1.65. The Morgan fingerprint density at radius 2 is 1.92 bits per heavy atom. The summed E-state index contributed by atoms with van der Waals surface area (Å²) in [7, 11) is 0. The van der Waals surface area contributed by atoms with Crippen molar-refractivity contribution in [3.8, 4) is 11.3 Å². The third-order valence-corrected chi connectivity index (χ3v) is 3.70. The molecule has 6 heteroatoms. The van der Waals surface area contributed by atoms with Crippen molar-refractivity contribution < 1.29 is 9.53 Å². The lowest BCUT2D eigenvalue weighted by Gasteiger charge is -2.07. The fourth-order valence-corrected chi connectivity index (χ4v) is 2.48. The maximum Gasteiger partial charge on any atom is 0.414 e. The molecule has 24 heavy (non-hydrogen) atoms. The van der Waals surface area contributed by atoms with Crippen molar-refractivity contribution in [3.63, 3.8) is 0 Å². The van der Waals surface area contributed by atoms with Crippen LogP contribution in [0.25, 0.3) is 11.3 Å². The first-order chi connectivity index (χ1) is 11.7. The molecule has 0 atom stereocenters. The Bertz CT molecular complexity index is 840. The molecule has 1 N–H and O–H groups in total. The van der Waals surface area contributed by atoms with Gasteiger partial charge >= 0.3 is 6.09 Å².